The van der Waals surface area contributed by atoms with Gasteiger partial charge in [-0.05, 0) is 56.6 Å². The smallest absolute Gasteiger partial charge is 0.312 e. The van der Waals surface area contributed by atoms with Crippen LogP contribution >= 0.6 is 11.6 Å². The molecule has 3 saturated heterocycles. The molecule has 2 bridgehead atoms. The largest absolute Gasteiger partial charge is 0.465 e. The molecular weight excluding hydrogens is 532 g/mol. The maximum Gasteiger partial charge on any atom is 0.312 e. The van der Waals surface area contributed by atoms with Gasteiger partial charge in [-0.15, -0.1) is 13.2 Å². The lowest BCUT2D eigenvalue weighted by Crippen LogP contribution is -2.60. The van der Waals surface area contributed by atoms with Crippen LogP contribution in [0.2, 0.25) is 5.02 Å². The van der Waals surface area contributed by atoms with Crippen molar-refractivity contribution in [3.8, 4) is 0 Å². The third kappa shape index (κ3) is 5.10. The fourth-order valence-electron chi connectivity index (χ4n) is 6.81. The van der Waals surface area contributed by atoms with Crippen LogP contribution < -0.4 is 4.90 Å². The van der Waals surface area contributed by atoms with Crippen molar-refractivity contribution in [2.45, 2.75) is 76.7 Å². The lowest BCUT2D eigenvalue weighted by Gasteiger charge is -2.40. The number of halogens is 1. The molecular formula is C31H41ClN2O6. The number of para-hydroxylation sites is 1. The van der Waals surface area contributed by atoms with Crippen LogP contribution in [0.1, 0.15) is 51.5 Å². The second-order valence-corrected chi connectivity index (χ2v) is 11.8. The molecule has 0 aromatic heterocycles. The van der Waals surface area contributed by atoms with Crippen molar-refractivity contribution in [3.05, 3.63) is 54.1 Å². The number of ether oxygens (including phenoxy) is 2. The standard InChI is InChI=1S/C31H41ClN2O6/c1-6-8-9-10-17-39-30(38)24-23-14-15-31(40-23)25(24)28(36)34(22(18-35)19(3)4)27(31)29(37)33(16-7-2)26-20(5)12-11-13-21(26)32/h6-7,11-13,19,22-25,27,35H,1-2,8-10,14-18H2,3-5H3/t22-,23-,24+,25-,27?,31?/m0/s1. The molecule has 0 aliphatic carbocycles. The van der Waals surface area contributed by atoms with E-state index < -0.39 is 41.6 Å². The maximum atomic E-state index is 14.7. The number of anilines is 1. The Morgan fingerprint density at radius 2 is 2.05 bits per heavy atom. The van der Waals surface area contributed by atoms with Gasteiger partial charge in [0.1, 0.15) is 11.6 Å². The summed E-state index contributed by atoms with van der Waals surface area (Å²) >= 11 is 6.60. The molecule has 8 nitrogen and oxygen atoms in total. The van der Waals surface area contributed by atoms with Gasteiger partial charge in [0.05, 0.1) is 47.9 Å². The number of amides is 2. The number of carbonyl (C=O) groups excluding carboxylic acids is 3. The predicted octanol–water partition coefficient (Wildman–Crippen LogP) is 4.46. The number of unbranched alkanes of at least 4 members (excludes halogenated alkanes) is 2. The number of benzene rings is 1. The Bertz CT molecular complexity index is 1130. The van der Waals surface area contributed by atoms with E-state index in [9.17, 15) is 19.5 Å². The van der Waals surface area contributed by atoms with Crippen LogP contribution in [-0.2, 0) is 23.9 Å². The van der Waals surface area contributed by atoms with Crippen LogP contribution in [0.5, 0.6) is 0 Å². The molecule has 3 fully saturated rings. The van der Waals surface area contributed by atoms with E-state index in [1.807, 2.05) is 39.0 Å². The van der Waals surface area contributed by atoms with E-state index in [-0.39, 0.29) is 37.5 Å². The minimum atomic E-state index is -1.21. The maximum absolute atomic E-state index is 14.7. The van der Waals surface area contributed by atoms with Crippen LogP contribution in [-0.4, -0.2) is 71.3 Å². The number of carbonyl (C=O) groups is 3. The van der Waals surface area contributed by atoms with Gasteiger partial charge >= 0.3 is 5.97 Å². The number of aliphatic hydroxyl groups excluding tert-OH is 1. The Morgan fingerprint density at radius 1 is 1.30 bits per heavy atom. The zero-order valence-electron chi connectivity index (χ0n) is 23.7. The van der Waals surface area contributed by atoms with E-state index >= 15 is 0 Å². The van der Waals surface area contributed by atoms with Gasteiger partial charge in [-0.2, -0.15) is 0 Å². The van der Waals surface area contributed by atoms with E-state index in [1.54, 1.807) is 17.0 Å². The Hall–Kier alpha value is -2.68. The number of nitrogens with zero attached hydrogens (tertiary/aromatic N) is 2. The second-order valence-electron chi connectivity index (χ2n) is 11.4. The molecule has 3 aliphatic rings. The number of esters is 1. The number of aliphatic hydroxyl groups is 1. The first-order valence-electron chi connectivity index (χ1n) is 14.2. The normalized spacial score (nSPS) is 27.6. The molecule has 4 rings (SSSR count). The van der Waals surface area contributed by atoms with Crippen molar-refractivity contribution in [2.24, 2.45) is 17.8 Å². The number of hydrogen-bond donors (Lipinski definition) is 1. The van der Waals surface area contributed by atoms with E-state index in [0.29, 0.717) is 30.0 Å². The highest BCUT2D eigenvalue weighted by Crippen LogP contribution is 2.59. The van der Waals surface area contributed by atoms with E-state index in [2.05, 4.69) is 13.2 Å². The summed E-state index contributed by atoms with van der Waals surface area (Å²) in [6.45, 7) is 13.3. The first kappa shape index (κ1) is 30.3. The van der Waals surface area contributed by atoms with Gasteiger partial charge in [0.15, 0.2) is 0 Å². The number of likely N-dealkylation sites (tertiary alicyclic amines) is 1. The van der Waals surface area contributed by atoms with Gasteiger partial charge in [0, 0.05) is 6.54 Å². The monoisotopic (exact) mass is 572 g/mol. The third-order valence-corrected chi connectivity index (χ3v) is 8.95. The minimum Gasteiger partial charge on any atom is -0.465 e. The molecule has 3 aliphatic heterocycles. The van der Waals surface area contributed by atoms with Crippen LogP contribution in [0, 0.1) is 24.7 Å². The van der Waals surface area contributed by atoms with Gasteiger partial charge in [0.2, 0.25) is 5.91 Å². The number of aryl methyl sites for hydroxylation is 1. The fourth-order valence-corrected chi connectivity index (χ4v) is 7.13. The molecule has 218 valence electrons. The van der Waals surface area contributed by atoms with E-state index in [0.717, 1.165) is 18.4 Å². The van der Waals surface area contributed by atoms with Crippen molar-refractivity contribution < 1.29 is 29.0 Å². The highest BCUT2D eigenvalue weighted by Gasteiger charge is 2.75. The second kappa shape index (κ2) is 12.5. The van der Waals surface area contributed by atoms with Gasteiger partial charge in [0.25, 0.3) is 5.91 Å². The summed E-state index contributed by atoms with van der Waals surface area (Å²) in [5.74, 6) is -3.01. The number of rotatable bonds is 13. The highest BCUT2D eigenvalue weighted by molar-refractivity contribution is 6.34. The summed E-state index contributed by atoms with van der Waals surface area (Å²) in [6.07, 6.45) is 6.30. The summed E-state index contributed by atoms with van der Waals surface area (Å²) in [5.41, 5.74) is 0.126. The quantitative estimate of drug-likeness (QED) is 0.213. The van der Waals surface area contributed by atoms with Crippen molar-refractivity contribution >= 4 is 35.1 Å². The van der Waals surface area contributed by atoms with Gasteiger partial charge in [-0.25, -0.2) is 0 Å². The van der Waals surface area contributed by atoms with E-state index in [4.69, 9.17) is 21.1 Å². The summed E-state index contributed by atoms with van der Waals surface area (Å²) in [6, 6.07) is 3.71. The average molecular weight is 573 g/mol. The summed E-state index contributed by atoms with van der Waals surface area (Å²) in [7, 11) is 0. The van der Waals surface area contributed by atoms with E-state index in [1.165, 1.54) is 4.90 Å². The molecule has 2 amide bonds. The van der Waals surface area contributed by atoms with Crippen molar-refractivity contribution in [1.82, 2.24) is 4.90 Å². The number of fused-ring (bicyclic) bond motifs is 1. The Balaban J connectivity index is 1.75. The minimum absolute atomic E-state index is 0.151. The first-order chi connectivity index (χ1) is 19.1. The van der Waals surface area contributed by atoms with Gasteiger partial charge in [-0.3, -0.25) is 14.4 Å². The topological polar surface area (TPSA) is 96.4 Å². The van der Waals surface area contributed by atoms with Crippen molar-refractivity contribution in [1.29, 1.82) is 0 Å². The van der Waals surface area contributed by atoms with Gasteiger partial charge in [-0.1, -0.05) is 49.7 Å². The lowest BCUT2D eigenvalue weighted by molar-refractivity contribution is -0.156. The Morgan fingerprint density at radius 3 is 2.67 bits per heavy atom. The summed E-state index contributed by atoms with van der Waals surface area (Å²) in [5, 5.41) is 10.8. The third-order valence-electron chi connectivity index (χ3n) is 8.64. The first-order valence-corrected chi connectivity index (χ1v) is 14.6. The predicted molar refractivity (Wildman–Crippen MR) is 154 cm³/mol. The summed E-state index contributed by atoms with van der Waals surface area (Å²) < 4.78 is 12.2. The molecule has 1 aromatic carbocycles. The van der Waals surface area contributed by atoms with Crippen LogP contribution in [0.4, 0.5) is 5.69 Å². The molecule has 40 heavy (non-hydrogen) atoms. The highest BCUT2D eigenvalue weighted by atomic mass is 35.5. The summed E-state index contributed by atoms with van der Waals surface area (Å²) in [4.78, 5) is 45.3. The molecule has 9 heteroatoms. The van der Waals surface area contributed by atoms with Crippen molar-refractivity contribution in [3.63, 3.8) is 0 Å². The van der Waals surface area contributed by atoms with Gasteiger partial charge < -0.3 is 24.4 Å². The molecule has 0 saturated carbocycles. The zero-order valence-corrected chi connectivity index (χ0v) is 24.4. The van der Waals surface area contributed by atoms with Crippen LogP contribution in [0.3, 0.4) is 0 Å². The van der Waals surface area contributed by atoms with Crippen LogP contribution in [0.25, 0.3) is 0 Å². The number of hydrogen-bond acceptors (Lipinski definition) is 6. The molecule has 6 atom stereocenters. The molecule has 0 radical (unpaired) electrons. The van der Waals surface area contributed by atoms with Crippen molar-refractivity contribution in [2.75, 3.05) is 24.7 Å². The molecule has 3 heterocycles. The fraction of sp³-hybridized carbons (Fsp3) is 0.581. The number of allylic oxidation sites excluding steroid dienone is 1. The molecule has 2 unspecified atom stereocenters. The molecule has 1 N–H and O–H groups in total. The van der Waals surface area contributed by atoms with Crippen LogP contribution in [0.15, 0.2) is 43.5 Å². The average Bonchev–Trinajstić information content (AvgIpc) is 3.55. The molecule has 1 aromatic rings. The Labute approximate surface area is 241 Å². The molecule has 1 spiro atoms. The SMILES string of the molecule is C=CCCCCOC(=O)[C@@H]1[C@@H]2CCC3(O2)C(C(=O)N(CC=C)c2c(C)cccc2Cl)N([C@@H](CO)C(C)C)C(=O)[C@H]13. The zero-order chi connectivity index (χ0) is 29.2. The Kier molecular flexibility index (Phi) is 9.43. The lowest BCUT2D eigenvalue weighted by atomic mass is 9.70.